The van der Waals surface area contributed by atoms with Gasteiger partial charge in [-0.25, -0.2) is 0 Å². The number of aromatic nitrogens is 1. The van der Waals surface area contributed by atoms with Gasteiger partial charge in [-0.05, 0) is 25.0 Å². The van der Waals surface area contributed by atoms with E-state index in [0.29, 0.717) is 16.6 Å². The Hall–Kier alpha value is -2.56. The highest BCUT2D eigenvalue weighted by Crippen LogP contribution is 2.34. The normalized spacial score (nSPS) is 17.0. The van der Waals surface area contributed by atoms with E-state index in [1.165, 1.54) is 0 Å². The van der Waals surface area contributed by atoms with E-state index in [1.54, 1.807) is 13.0 Å². The highest BCUT2D eigenvalue weighted by molar-refractivity contribution is 6.61. The number of aromatic amines is 1. The van der Waals surface area contributed by atoms with E-state index >= 15 is 0 Å². The largest absolute Gasteiger partial charge is 0.358 e. The van der Waals surface area contributed by atoms with E-state index in [4.69, 9.17) is 0 Å². The molecular formula is C16H13NO4. The van der Waals surface area contributed by atoms with Gasteiger partial charge in [-0.1, -0.05) is 18.2 Å². The summed E-state index contributed by atoms with van der Waals surface area (Å²) in [6.07, 6.45) is -0.603. The quantitative estimate of drug-likeness (QED) is 0.635. The van der Waals surface area contributed by atoms with Crippen LogP contribution >= 0.6 is 0 Å². The molecule has 5 heteroatoms. The summed E-state index contributed by atoms with van der Waals surface area (Å²) < 4.78 is 0. The number of benzene rings is 1. The molecule has 3 rings (SSSR count). The van der Waals surface area contributed by atoms with Crippen molar-refractivity contribution in [1.29, 1.82) is 0 Å². The Morgan fingerprint density at radius 3 is 2.24 bits per heavy atom. The van der Waals surface area contributed by atoms with Crippen molar-refractivity contribution in [2.75, 3.05) is 0 Å². The zero-order chi connectivity index (χ0) is 15.3. The first-order chi connectivity index (χ1) is 9.91. The molecule has 1 N–H and O–H groups in total. The molecule has 21 heavy (non-hydrogen) atoms. The topological polar surface area (TPSA) is 84.1 Å². The summed E-state index contributed by atoms with van der Waals surface area (Å²) in [5, 5.41) is 0.710. The van der Waals surface area contributed by atoms with Crippen LogP contribution in [0.25, 0.3) is 10.9 Å². The van der Waals surface area contributed by atoms with Crippen molar-refractivity contribution in [3.8, 4) is 0 Å². The van der Waals surface area contributed by atoms with E-state index < -0.39 is 35.5 Å². The molecule has 1 aliphatic rings. The average Bonchev–Trinajstić information content (AvgIpc) is 2.76. The first-order valence-corrected chi connectivity index (χ1v) is 6.63. The van der Waals surface area contributed by atoms with Gasteiger partial charge in [0.1, 0.15) is 5.92 Å². The summed E-state index contributed by atoms with van der Waals surface area (Å²) in [6, 6.07) is 5.50. The first kappa shape index (κ1) is 13.4. The molecule has 0 aliphatic heterocycles. The SMILES string of the molecule is Cc1[nH]c2c(C)cccc2c1C1C(=O)C(=O)CC(=O)C1=O. The monoisotopic (exact) mass is 283 g/mol. The second-order valence-corrected chi connectivity index (χ2v) is 5.35. The van der Waals surface area contributed by atoms with Crippen LogP contribution in [0.15, 0.2) is 18.2 Å². The summed E-state index contributed by atoms with van der Waals surface area (Å²) in [4.78, 5) is 50.7. The zero-order valence-electron chi connectivity index (χ0n) is 11.6. The van der Waals surface area contributed by atoms with E-state index in [9.17, 15) is 19.2 Å². The van der Waals surface area contributed by atoms with Gasteiger partial charge < -0.3 is 4.98 Å². The van der Waals surface area contributed by atoms with Gasteiger partial charge in [0.25, 0.3) is 0 Å². The molecule has 0 atom stereocenters. The molecule has 0 amide bonds. The Bertz CT molecular complexity index is 802. The number of hydrogen-bond acceptors (Lipinski definition) is 4. The molecule has 0 unspecified atom stereocenters. The predicted octanol–water partition coefficient (Wildman–Crippen LogP) is 1.55. The molecule has 1 saturated carbocycles. The van der Waals surface area contributed by atoms with Gasteiger partial charge in [0, 0.05) is 16.6 Å². The fourth-order valence-electron chi connectivity index (χ4n) is 2.91. The molecule has 0 saturated heterocycles. The predicted molar refractivity (Wildman–Crippen MR) is 75.2 cm³/mol. The second kappa shape index (κ2) is 4.48. The van der Waals surface area contributed by atoms with Crippen LogP contribution in [0.2, 0.25) is 0 Å². The number of hydrogen-bond donors (Lipinski definition) is 1. The summed E-state index contributed by atoms with van der Waals surface area (Å²) >= 11 is 0. The second-order valence-electron chi connectivity index (χ2n) is 5.35. The lowest BCUT2D eigenvalue weighted by atomic mass is 9.79. The lowest BCUT2D eigenvalue weighted by Crippen LogP contribution is -2.40. The number of para-hydroxylation sites is 1. The van der Waals surface area contributed by atoms with Crippen LogP contribution < -0.4 is 0 Å². The Balaban J connectivity index is 2.28. The molecule has 1 aromatic carbocycles. The third-order valence-electron chi connectivity index (χ3n) is 3.96. The molecule has 0 radical (unpaired) electrons. The Morgan fingerprint density at radius 1 is 1.00 bits per heavy atom. The van der Waals surface area contributed by atoms with Crippen LogP contribution in [0.3, 0.4) is 0 Å². The number of ketones is 4. The molecule has 0 bridgehead atoms. The zero-order valence-corrected chi connectivity index (χ0v) is 11.6. The standard InChI is InChI=1S/C16H13NO4/c1-7-4-3-5-9-12(8(2)17-14(7)9)13-15(20)10(18)6-11(19)16(13)21/h3-5,13,17H,6H2,1-2H3. The van der Waals surface area contributed by atoms with Crippen LogP contribution in [0.1, 0.15) is 29.2 Å². The lowest BCUT2D eigenvalue weighted by Gasteiger charge is -2.18. The molecule has 2 aromatic rings. The third-order valence-corrected chi connectivity index (χ3v) is 3.96. The van der Waals surface area contributed by atoms with Gasteiger partial charge >= 0.3 is 0 Å². The van der Waals surface area contributed by atoms with E-state index in [-0.39, 0.29) is 0 Å². The number of aryl methyl sites for hydroxylation is 2. The number of carbonyl (C=O) groups excluding carboxylic acids is 4. The number of Topliss-reactive ketones (excluding diaryl/α,β-unsaturated/α-hetero) is 4. The van der Waals surface area contributed by atoms with Gasteiger partial charge in [0.2, 0.25) is 23.1 Å². The number of carbonyl (C=O) groups is 4. The summed E-state index contributed by atoms with van der Waals surface area (Å²) in [7, 11) is 0. The molecule has 1 aromatic heterocycles. The van der Waals surface area contributed by atoms with Gasteiger partial charge in [0.15, 0.2) is 0 Å². The first-order valence-electron chi connectivity index (χ1n) is 6.63. The van der Waals surface area contributed by atoms with Gasteiger partial charge in [0.05, 0.1) is 6.42 Å². The van der Waals surface area contributed by atoms with Crippen LogP contribution in [0.5, 0.6) is 0 Å². The van der Waals surface area contributed by atoms with Crippen molar-refractivity contribution < 1.29 is 19.2 Å². The van der Waals surface area contributed by atoms with Crippen LogP contribution in [-0.2, 0) is 19.2 Å². The highest BCUT2D eigenvalue weighted by Gasteiger charge is 2.44. The van der Waals surface area contributed by atoms with Crippen molar-refractivity contribution in [1.82, 2.24) is 4.98 Å². The smallest absolute Gasteiger partial charge is 0.214 e. The minimum Gasteiger partial charge on any atom is -0.358 e. The number of rotatable bonds is 1. The Kier molecular flexibility index (Phi) is 2.86. The molecule has 1 aliphatic carbocycles. The average molecular weight is 283 g/mol. The molecule has 1 fully saturated rings. The van der Waals surface area contributed by atoms with Crippen LogP contribution in [0, 0.1) is 13.8 Å². The maximum absolute atomic E-state index is 12.1. The minimum atomic E-state index is -1.30. The summed E-state index contributed by atoms with van der Waals surface area (Å²) in [6.45, 7) is 3.64. The molecule has 5 nitrogen and oxygen atoms in total. The van der Waals surface area contributed by atoms with Crippen molar-refractivity contribution >= 4 is 34.0 Å². The third kappa shape index (κ3) is 1.85. The maximum atomic E-state index is 12.1. The molecule has 1 heterocycles. The van der Waals surface area contributed by atoms with Crippen molar-refractivity contribution in [3.05, 3.63) is 35.0 Å². The highest BCUT2D eigenvalue weighted by atomic mass is 16.2. The fraction of sp³-hybridized carbons (Fsp3) is 0.250. The number of fused-ring (bicyclic) bond motifs is 1. The van der Waals surface area contributed by atoms with E-state index in [1.807, 2.05) is 19.1 Å². The summed E-state index contributed by atoms with van der Waals surface area (Å²) in [5.74, 6) is -4.44. The van der Waals surface area contributed by atoms with Crippen molar-refractivity contribution in [2.45, 2.75) is 26.2 Å². The van der Waals surface area contributed by atoms with Gasteiger partial charge in [-0.15, -0.1) is 0 Å². The fourth-order valence-corrected chi connectivity index (χ4v) is 2.91. The number of H-pyrrole nitrogens is 1. The van der Waals surface area contributed by atoms with Crippen LogP contribution in [-0.4, -0.2) is 28.1 Å². The maximum Gasteiger partial charge on any atom is 0.214 e. The van der Waals surface area contributed by atoms with Crippen molar-refractivity contribution in [2.24, 2.45) is 0 Å². The lowest BCUT2D eigenvalue weighted by molar-refractivity contribution is -0.149. The molecule has 106 valence electrons. The van der Waals surface area contributed by atoms with Crippen molar-refractivity contribution in [3.63, 3.8) is 0 Å². The van der Waals surface area contributed by atoms with E-state index in [2.05, 4.69) is 4.98 Å². The van der Waals surface area contributed by atoms with Gasteiger partial charge in [-0.3, -0.25) is 19.2 Å². The number of nitrogens with one attached hydrogen (secondary N) is 1. The Morgan fingerprint density at radius 2 is 1.62 bits per heavy atom. The summed E-state index contributed by atoms with van der Waals surface area (Å²) in [5.41, 5.74) is 2.87. The molecule has 0 spiro atoms. The molecular weight excluding hydrogens is 270 g/mol. The minimum absolute atomic E-state index is 0.449. The Labute approximate surface area is 120 Å². The van der Waals surface area contributed by atoms with E-state index in [0.717, 1.165) is 11.1 Å². The van der Waals surface area contributed by atoms with Crippen LogP contribution in [0.4, 0.5) is 0 Å². The van der Waals surface area contributed by atoms with Gasteiger partial charge in [-0.2, -0.15) is 0 Å².